The Morgan fingerprint density at radius 2 is 1.87 bits per heavy atom. The maximum Gasteiger partial charge on any atom is 0.246 e. The minimum Gasteiger partial charge on any atom is -0.497 e. The molecule has 1 saturated heterocycles. The normalized spacial score (nSPS) is 14.0. The van der Waals surface area contributed by atoms with Crippen LogP contribution < -0.4 is 9.64 Å². The van der Waals surface area contributed by atoms with E-state index < -0.39 is 0 Å². The zero-order valence-electron chi connectivity index (χ0n) is 17.3. The molecule has 1 aromatic heterocycles. The predicted octanol–water partition coefficient (Wildman–Crippen LogP) is 3.26. The average molecular weight is 402 g/mol. The Balaban J connectivity index is 1.57. The Hall–Kier alpha value is -3.41. The summed E-state index contributed by atoms with van der Waals surface area (Å²) in [5, 5.41) is 1.05. The van der Waals surface area contributed by atoms with Crippen molar-refractivity contribution >= 4 is 22.6 Å². The summed E-state index contributed by atoms with van der Waals surface area (Å²) in [5.41, 5.74) is 2.15. The number of anilines is 1. The van der Waals surface area contributed by atoms with Crippen molar-refractivity contribution < 1.29 is 9.53 Å². The molecule has 2 heterocycles. The molecule has 0 aliphatic carbocycles. The van der Waals surface area contributed by atoms with E-state index in [2.05, 4.69) is 29.7 Å². The number of fused-ring (bicyclic) bond motifs is 1. The van der Waals surface area contributed by atoms with Gasteiger partial charge >= 0.3 is 0 Å². The molecule has 0 atom stereocenters. The van der Waals surface area contributed by atoms with E-state index in [1.54, 1.807) is 7.11 Å². The van der Waals surface area contributed by atoms with E-state index >= 15 is 0 Å². The third kappa shape index (κ3) is 4.27. The zero-order valence-corrected chi connectivity index (χ0v) is 17.3. The van der Waals surface area contributed by atoms with Gasteiger partial charge in [0.2, 0.25) is 5.91 Å². The molecule has 6 heteroatoms. The fraction of sp³-hybridized carbons (Fsp3) is 0.292. The quantitative estimate of drug-likeness (QED) is 0.593. The number of aromatic nitrogens is 2. The summed E-state index contributed by atoms with van der Waals surface area (Å²) in [6.45, 7) is 6.42. The van der Waals surface area contributed by atoms with E-state index in [0.29, 0.717) is 13.1 Å². The van der Waals surface area contributed by atoms with Crippen molar-refractivity contribution in [1.82, 2.24) is 14.9 Å². The van der Waals surface area contributed by atoms with Crippen molar-refractivity contribution in [2.24, 2.45) is 0 Å². The first kappa shape index (κ1) is 19.9. The highest BCUT2D eigenvalue weighted by atomic mass is 16.5. The molecule has 1 aliphatic rings. The van der Waals surface area contributed by atoms with Crippen LogP contribution in [0.1, 0.15) is 11.4 Å². The molecule has 0 radical (unpaired) electrons. The number of benzene rings is 2. The van der Waals surface area contributed by atoms with Gasteiger partial charge in [0, 0.05) is 38.0 Å². The van der Waals surface area contributed by atoms with Crippen LogP contribution in [-0.4, -0.2) is 54.1 Å². The lowest BCUT2D eigenvalue weighted by atomic mass is 10.1. The third-order valence-corrected chi connectivity index (χ3v) is 5.47. The minimum absolute atomic E-state index is 0.0128. The standard InChI is InChI=1S/C24H26N4O2/c1-3-23(29)27-13-15-28(16-14-27)24-20-9-4-5-10-21(20)25-22(26-24)12-11-18-7-6-8-19(17-18)30-2/h3-10,17H,1,11-16H2,2H3. The summed E-state index contributed by atoms with van der Waals surface area (Å²) in [4.78, 5) is 25.7. The number of carbonyl (C=O) groups is 1. The summed E-state index contributed by atoms with van der Waals surface area (Å²) in [6, 6.07) is 16.2. The van der Waals surface area contributed by atoms with E-state index in [1.807, 2.05) is 35.2 Å². The number of hydrogen-bond acceptors (Lipinski definition) is 5. The predicted molar refractivity (Wildman–Crippen MR) is 119 cm³/mol. The van der Waals surface area contributed by atoms with Crippen molar-refractivity contribution in [3.63, 3.8) is 0 Å². The number of aryl methyl sites for hydroxylation is 2. The van der Waals surface area contributed by atoms with Crippen molar-refractivity contribution in [2.75, 3.05) is 38.2 Å². The SMILES string of the molecule is C=CC(=O)N1CCN(c2nc(CCc3cccc(OC)c3)nc3ccccc23)CC1. The number of methoxy groups -OCH3 is 1. The number of hydrogen-bond donors (Lipinski definition) is 0. The van der Waals surface area contributed by atoms with Crippen molar-refractivity contribution in [1.29, 1.82) is 0 Å². The van der Waals surface area contributed by atoms with Crippen LogP contribution in [-0.2, 0) is 17.6 Å². The molecule has 0 N–H and O–H groups in total. The molecular weight excluding hydrogens is 376 g/mol. The fourth-order valence-corrected chi connectivity index (χ4v) is 3.81. The topological polar surface area (TPSA) is 58.6 Å². The number of amides is 1. The summed E-state index contributed by atoms with van der Waals surface area (Å²) >= 11 is 0. The second kappa shape index (κ2) is 8.95. The summed E-state index contributed by atoms with van der Waals surface area (Å²) in [7, 11) is 1.68. The summed E-state index contributed by atoms with van der Waals surface area (Å²) < 4.78 is 5.32. The van der Waals surface area contributed by atoms with Gasteiger partial charge in [-0.15, -0.1) is 0 Å². The Kier molecular flexibility index (Phi) is 5.93. The lowest BCUT2D eigenvalue weighted by Gasteiger charge is -2.35. The molecule has 2 aromatic carbocycles. The number of ether oxygens (including phenoxy) is 1. The molecule has 1 fully saturated rings. The van der Waals surface area contributed by atoms with Gasteiger partial charge in [-0.05, 0) is 42.3 Å². The van der Waals surface area contributed by atoms with E-state index in [-0.39, 0.29) is 5.91 Å². The van der Waals surface area contributed by atoms with Crippen LogP contribution >= 0.6 is 0 Å². The Morgan fingerprint density at radius 3 is 2.63 bits per heavy atom. The Morgan fingerprint density at radius 1 is 1.07 bits per heavy atom. The van der Waals surface area contributed by atoms with Crippen molar-refractivity contribution in [3.05, 3.63) is 72.6 Å². The molecule has 154 valence electrons. The molecule has 0 saturated carbocycles. The van der Waals surface area contributed by atoms with E-state index in [0.717, 1.165) is 54.2 Å². The summed E-state index contributed by atoms with van der Waals surface area (Å²) in [6.07, 6.45) is 2.98. The molecule has 30 heavy (non-hydrogen) atoms. The second-order valence-electron chi connectivity index (χ2n) is 7.35. The molecule has 3 aromatic rings. The van der Waals surface area contributed by atoms with Crippen molar-refractivity contribution in [2.45, 2.75) is 12.8 Å². The van der Waals surface area contributed by atoms with Crippen molar-refractivity contribution in [3.8, 4) is 5.75 Å². The van der Waals surface area contributed by atoms with Crippen LogP contribution in [0.5, 0.6) is 5.75 Å². The molecule has 6 nitrogen and oxygen atoms in total. The molecule has 0 bridgehead atoms. The number of nitrogens with zero attached hydrogens (tertiary/aromatic N) is 4. The first-order valence-corrected chi connectivity index (χ1v) is 10.2. The Bertz CT molecular complexity index is 1060. The maximum atomic E-state index is 11.9. The lowest BCUT2D eigenvalue weighted by Crippen LogP contribution is -2.48. The monoisotopic (exact) mass is 402 g/mol. The second-order valence-corrected chi connectivity index (χ2v) is 7.35. The maximum absolute atomic E-state index is 11.9. The van der Waals surface area contributed by atoms with Crippen LogP contribution in [0.4, 0.5) is 5.82 Å². The average Bonchev–Trinajstić information content (AvgIpc) is 2.82. The highest BCUT2D eigenvalue weighted by Gasteiger charge is 2.22. The van der Waals surface area contributed by atoms with Gasteiger partial charge in [-0.25, -0.2) is 9.97 Å². The van der Waals surface area contributed by atoms with E-state index in [4.69, 9.17) is 14.7 Å². The highest BCUT2D eigenvalue weighted by Crippen LogP contribution is 2.25. The van der Waals surface area contributed by atoms with Gasteiger partial charge in [0.1, 0.15) is 17.4 Å². The van der Waals surface area contributed by atoms with Crippen LogP contribution in [0.2, 0.25) is 0 Å². The molecule has 1 aliphatic heterocycles. The molecular formula is C24H26N4O2. The molecule has 0 unspecified atom stereocenters. The number of rotatable bonds is 6. The fourth-order valence-electron chi connectivity index (χ4n) is 3.81. The van der Waals surface area contributed by atoms with E-state index in [9.17, 15) is 4.79 Å². The van der Waals surface area contributed by atoms with Gasteiger partial charge in [-0.1, -0.05) is 30.8 Å². The van der Waals surface area contributed by atoms with Gasteiger partial charge < -0.3 is 14.5 Å². The largest absolute Gasteiger partial charge is 0.497 e. The zero-order chi connectivity index (χ0) is 20.9. The van der Waals surface area contributed by atoms with Gasteiger partial charge in [0.25, 0.3) is 0 Å². The highest BCUT2D eigenvalue weighted by molar-refractivity contribution is 5.90. The third-order valence-electron chi connectivity index (χ3n) is 5.47. The number of carbonyl (C=O) groups excluding carboxylic acids is 1. The summed E-state index contributed by atoms with van der Waals surface area (Å²) in [5.74, 6) is 2.63. The molecule has 1 amide bonds. The van der Waals surface area contributed by atoms with Crippen LogP contribution in [0.25, 0.3) is 10.9 Å². The molecule has 0 spiro atoms. The smallest absolute Gasteiger partial charge is 0.246 e. The van der Waals surface area contributed by atoms with Crippen LogP contribution in [0, 0.1) is 0 Å². The van der Waals surface area contributed by atoms with Crippen LogP contribution in [0.15, 0.2) is 61.2 Å². The molecule has 4 rings (SSSR count). The van der Waals surface area contributed by atoms with Crippen LogP contribution in [0.3, 0.4) is 0 Å². The lowest BCUT2D eigenvalue weighted by molar-refractivity contribution is -0.126. The number of piperazine rings is 1. The minimum atomic E-state index is -0.0128. The number of para-hydroxylation sites is 1. The van der Waals surface area contributed by atoms with Gasteiger partial charge in [0.05, 0.1) is 12.6 Å². The van der Waals surface area contributed by atoms with Gasteiger partial charge in [0.15, 0.2) is 0 Å². The Labute approximate surface area is 176 Å². The van der Waals surface area contributed by atoms with Gasteiger partial charge in [-0.2, -0.15) is 0 Å². The first-order valence-electron chi connectivity index (χ1n) is 10.2. The van der Waals surface area contributed by atoms with E-state index in [1.165, 1.54) is 11.6 Å². The van der Waals surface area contributed by atoms with Gasteiger partial charge in [-0.3, -0.25) is 4.79 Å². The first-order chi connectivity index (χ1) is 14.7.